The van der Waals surface area contributed by atoms with Crippen molar-refractivity contribution in [1.29, 1.82) is 0 Å². The van der Waals surface area contributed by atoms with E-state index in [2.05, 4.69) is 76.1 Å². The number of guanidine groups is 1. The molecule has 2 saturated heterocycles. The van der Waals surface area contributed by atoms with Gasteiger partial charge in [0.25, 0.3) is 0 Å². The Morgan fingerprint density at radius 2 is 2.04 bits per heavy atom. The molecule has 0 aromatic heterocycles. The van der Waals surface area contributed by atoms with E-state index in [1.165, 1.54) is 17.9 Å². The van der Waals surface area contributed by atoms with Crippen LogP contribution in [0.2, 0.25) is 0 Å². The zero-order valence-corrected chi connectivity index (χ0v) is 16.6. The Hall–Kier alpha value is -1.36. The standard InChI is InChI=1S/C20H32N4S/c1-16(2)19-15-24(11-12-25-19)20(21-3)22-13-17-9-10-23(14-17)18-7-5-4-6-8-18/h4-8,16-17,19H,9-15H2,1-3H3,(H,21,22). The lowest BCUT2D eigenvalue weighted by Gasteiger charge is -2.36. The van der Waals surface area contributed by atoms with Crippen LogP contribution in [-0.4, -0.2) is 61.6 Å². The number of nitrogens with one attached hydrogen (secondary N) is 1. The number of rotatable bonds is 4. The van der Waals surface area contributed by atoms with E-state index in [0.717, 1.165) is 44.6 Å². The van der Waals surface area contributed by atoms with E-state index in [1.807, 2.05) is 7.05 Å². The lowest BCUT2D eigenvalue weighted by Crippen LogP contribution is -2.50. The minimum atomic E-state index is 0.692. The Kier molecular flexibility index (Phi) is 6.51. The maximum absolute atomic E-state index is 4.55. The van der Waals surface area contributed by atoms with E-state index in [4.69, 9.17) is 0 Å². The third-order valence-corrected chi connectivity index (χ3v) is 6.84. The molecule has 0 radical (unpaired) electrons. The fourth-order valence-electron chi connectivity index (χ4n) is 3.71. The Morgan fingerprint density at radius 3 is 2.76 bits per heavy atom. The molecular formula is C20H32N4S. The summed E-state index contributed by atoms with van der Waals surface area (Å²) in [5.41, 5.74) is 1.35. The molecule has 1 N–H and O–H groups in total. The van der Waals surface area contributed by atoms with Crippen LogP contribution < -0.4 is 10.2 Å². The van der Waals surface area contributed by atoms with Crippen molar-refractivity contribution in [1.82, 2.24) is 10.2 Å². The van der Waals surface area contributed by atoms with Gasteiger partial charge in [-0.25, -0.2) is 0 Å². The molecule has 5 heteroatoms. The first-order valence-electron chi connectivity index (χ1n) is 9.54. The molecule has 0 bridgehead atoms. The number of hydrogen-bond donors (Lipinski definition) is 1. The molecule has 1 aromatic rings. The summed E-state index contributed by atoms with van der Waals surface area (Å²) >= 11 is 2.11. The molecule has 2 unspecified atom stereocenters. The molecule has 2 heterocycles. The predicted octanol–water partition coefficient (Wildman–Crippen LogP) is 3.16. The highest BCUT2D eigenvalue weighted by Crippen LogP contribution is 2.25. The second kappa shape index (κ2) is 8.84. The highest BCUT2D eigenvalue weighted by atomic mass is 32.2. The van der Waals surface area contributed by atoms with Crippen LogP contribution in [0.3, 0.4) is 0 Å². The highest BCUT2D eigenvalue weighted by molar-refractivity contribution is 8.00. The number of anilines is 1. The molecule has 2 aliphatic rings. The number of nitrogens with zero attached hydrogens (tertiary/aromatic N) is 3. The fraction of sp³-hybridized carbons (Fsp3) is 0.650. The number of aliphatic imine (C=N–C) groups is 1. The van der Waals surface area contributed by atoms with Gasteiger partial charge in [-0.15, -0.1) is 0 Å². The Labute approximate surface area is 157 Å². The summed E-state index contributed by atoms with van der Waals surface area (Å²) in [6.07, 6.45) is 1.25. The number of hydrogen-bond acceptors (Lipinski definition) is 3. The summed E-state index contributed by atoms with van der Waals surface area (Å²) in [6.45, 7) is 10.2. The Bertz CT molecular complexity index is 560. The van der Waals surface area contributed by atoms with Crippen LogP contribution in [0.5, 0.6) is 0 Å². The van der Waals surface area contributed by atoms with E-state index < -0.39 is 0 Å². The largest absolute Gasteiger partial charge is 0.371 e. The van der Waals surface area contributed by atoms with Crippen molar-refractivity contribution < 1.29 is 0 Å². The van der Waals surface area contributed by atoms with Gasteiger partial charge in [0.15, 0.2) is 5.96 Å². The molecule has 25 heavy (non-hydrogen) atoms. The molecule has 2 aliphatic heterocycles. The molecule has 138 valence electrons. The van der Waals surface area contributed by atoms with Gasteiger partial charge < -0.3 is 15.1 Å². The Morgan fingerprint density at radius 1 is 1.24 bits per heavy atom. The zero-order chi connectivity index (χ0) is 17.6. The molecule has 4 nitrogen and oxygen atoms in total. The summed E-state index contributed by atoms with van der Waals surface area (Å²) in [7, 11) is 1.92. The van der Waals surface area contributed by atoms with Gasteiger partial charge in [-0.3, -0.25) is 4.99 Å². The Balaban J connectivity index is 1.49. The maximum Gasteiger partial charge on any atom is 0.193 e. The first-order valence-corrected chi connectivity index (χ1v) is 10.6. The summed E-state index contributed by atoms with van der Waals surface area (Å²) in [5, 5.41) is 4.37. The van der Waals surface area contributed by atoms with Crippen molar-refractivity contribution in [3.8, 4) is 0 Å². The summed E-state index contributed by atoms with van der Waals surface area (Å²) in [5.74, 6) is 3.70. The quantitative estimate of drug-likeness (QED) is 0.660. The van der Waals surface area contributed by atoms with Gasteiger partial charge in [-0.1, -0.05) is 32.0 Å². The molecule has 0 aliphatic carbocycles. The predicted molar refractivity (Wildman–Crippen MR) is 111 cm³/mol. The van der Waals surface area contributed by atoms with E-state index in [-0.39, 0.29) is 0 Å². The van der Waals surface area contributed by atoms with Gasteiger partial charge >= 0.3 is 0 Å². The molecule has 0 spiro atoms. The average molecular weight is 361 g/mol. The van der Waals surface area contributed by atoms with Crippen molar-refractivity contribution in [2.75, 3.05) is 50.4 Å². The minimum absolute atomic E-state index is 0.692. The number of para-hydroxylation sites is 1. The zero-order valence-electron chi connectivity index (χ0n) is 15.8. The first kappa shape index (κ1) is 18.4. The van der Waals surface area contributed by atoms with Crippen molar-refractivity contribution in [3.05, 3.63) is 30.3 Å². The lowest BCUT2D eigenvalue weighted by molar-refractivity contribution is 0.377. The summed E-state index contributed by atoms with van der Waals surface area (Å²) in [4.78, 5) is 9.50. The third kappa shape index (κ3) is 4.84. The molecule has 2 atom stereocenters. The molecule has 3 rings (SSSR count). The second-order valence-corrected chi connectivity index (χ2v) is 8.81. The van der Waals surface area contributed by atoms with Gasteiger partial charge in [-0.05, 0) is 30.4 Å². The van der Waals surface area contributed by atoms with Crippen LogP contribution in [0.1, 0.15) is 20.3 Å². The van der Waals surface area contributed by atoms with Crippen molar-refractivity contribution >= 4 is 23.4 Å². The van der Waals surface area contributed by atoms with Crippen molar-refractivity contribution in [2.24, 2.45) is 16.8 Å². The van der Waals surface area contributed by atoms with E-state index in [0.29, 0.717) is 11.2 Å². The molecular weight excluding hydrogens is 328 g/mol. The van der Waals surface area contributed by atoms with Crippen molar-refractivity contribution in [3.63, 3.8) is 0 Å². The van der Waals surface area contributed by atoms with E-state index in [1.54, 1.807) is 0 Å². The van der Waals surface area contributed by atoms with Crippen LogP contribution in [0, 0.1) is 11.8 Å². The lowest BCUT2D eigenvalue weighted by atomic mass is 10.1. The topological polar surface area (TPSA) is 30.9 Å². The van der Waals surface area contributed by atoms with Crippen LogP contribution in [0.25, 0.3) is 0 Å². The van der Waals surface area contributed by atoms with Gasteiger partial charge in [0.05, 0.1) is 0 Å². The van der Waals surface area contributed by atoms with Crippen molar-refractivity contribution in [2.45, 2.75) is 25.5 Å². The monoisotopic (exact) mass is 360 g/mol. The molecule has 2 fully saturated rings. The molecule has 0 saturated carbocycles. The minimum Gasteiger partial charge on any atom is -0.371 e. The third-order valence-electron chi connectivity index (χ3n) is 5.30. The number of benzene rings is 1. The van der Waals surface area contributed by atoms with E-state index >= 15 is 0 Å². The van der Waals surface area contributed by atoms with Gasteiger partial charge in [-0.2, -0.15) is 11.8 Å². The summed E-state index contributed by atoms with van der Waals surface area (Å²) in [6, 6.07) is 10.8. The smallest absolute Gasteiger partial charge is 0.193 e. The van der Waals surface area contributed by atoms with Crippen LogP contribution in [0.15, 0.2) is 35.3 Å². The van der Waals surface area contributed by atoms with Crippen LogP contribution in [-0.2, 0) is 0 Å². The summed E-state index contributed by atoms with van der Waals surface area (Å²) < 4.78 is 0. The highest BCUT2D eigenvalue weighted by Gasteiger charge is 2.26. The molecule has 1 aromatic carbocycles. The van der Waals surface area contributed by atoms with Gasteiger partial charge in [0.2, 0.25) is 0 Å². The second-order valence-electron chi connectivity index (χ2n) is 7.46. The van der Waals surface area contributed by atoms with Crippen LogP contribution in [0.4, 0.5) is 5.69 Å². The maximum atomic E-state index is 4.55. The first-order chi connectivity index (χ1) is 12.2. The number of thioether (sulfide) groups is 1. The van der Waals surface area contributed by atoms with Crippen LogP contribution >= 0.6 is 11.8 Å². The average Bonchev–Trinajstić information content (AvgIpc) is 3.12. The molecule has 0 amide bonds. The fourth-order valence-corrected chi connectivity index (χ4v) is 5.01. The normalized spacial score (nSPS) is 24.9. The SMILES string of the molecule is CN=C(NCC1CCN(c2ccccc2)C1)N1CCSC(C(C)C)C1. The van der Waals surface area contributed by atoms with E-state index in [9.17, 15) is 0 Å². The van der Waals surface area contributed by atoms with Gasteiger partial charge in [0, 0.05) is 56.5 Å². The van der Waals surface area contributed by atoms with Gasteiger partial charge in [0.1, 0.15) is 0 Å².